The van der Waals surface area contributed by atoms with Gasteiger partial charge in [-0.1, -0.05) is 44.2 Å². The molecule has 0 bridgehead atoms. The molecule has 1 heteroatoms. The van der Waals surface area contributed by atoms with E-state index < -0.39 is 0 Å². The molecule has 0 aliphatic heterocycles. The summed E-state index contributed by atoms with van der Waals surface area (Å²) in [4.78, 5) is 0. The van der Waals surface area contributed by atoms with Crippen LogP contribution in [-0.2, 0) is 0 Å². The summed E-state index contributed by atoms with van der Waals surface area (Å²) < 4.78 is 5.81. The van der Waals surface area contributed by atoms with Crippen LogP contribution < -0.4 is 4.74 Å². The van der Waals surface area contributed by atoms with Crippen molar-refractivity contribution < 1.29 is 4.74 Å². The number of ether oxygens (including phenoxy) is 1. The summed E-state index contributed by atoms with van der Waals surface area (Å²) in [5.74, 6) is 1.57. The van der Waals surface area contributed by atoms with Crippen molar-refractivity contribution in [2.75, 3.05) is 6.61 Å². The molecule has 0 radical (unpaired) electrons. The Bertz CT molecular complexity index is 486. The Morgan fingerprint density at radius 1 is 1.06 bits per heavy atom. The lowest BCUT2D eigenvalue weighted by Crippen LogP contribution is -2.05. The van der Waals surface area contributed by atoms with Gasteiger partial charge < -0.3 is 4.74 Å². The molecule has 0 N–H and O–H groups in total. The van der Waals surface area contributed by atoms with Crippen LogP contribution in [0.15, 0.2) is 36.4 Å². The molecular weight excluding hydrogens is 196 g/mol. The van der Waals surface area contributed by atoms with Crippen LogP contribution in [-0.4, -0.2) is 6.61 Å². The van der Waals surface area contributed by atoms with Gasteiger partial charge in [-0.3, -0.25) is 0 Å². The van der Waals surface area contributed by atoms with Gasteiger partial charge in [-0.05, 0) is 35.2 Å². The van der Waals surface area contributed by atoms with Gasteiger partial charge in [0.2, 0.25) is 0 Å². The molecule has 0 heterocycles. The first kappa shape index (κ1) is 11.0. The molecule has 0 amide bonds. The van der Waals surface area contributed by atoms with Crippen LogP contribution in [0, 0.1) is 12.8 Å². The van der Waals surface area contributed by atoms with E-state index in [1.165, 1.54) is 16.3 Å². The van der Waals surface area contributed by atoms with Crippen LogP contribution in [0.3, 0.4) is 0 Å². The highest BCUT2D eigenvalue weighted by atomic mass is 16.5. The molecule has 16 heavy (non-hydrogen) atoms. The third-order valence-corrected chi connectivity index (χ3v) is 2.72. The molecule has 0 saturated carbocycles. The minimum absolute atomic E-state index is 0.561. The van der Waals surface area contributed by atoms with Gasteiger partial charge in [-0.15, -0.1) is 0 Å². The number of hydrogen-bond acceptors (Lipinski definition) is 1. The SMILES string of the molecule is Cc1c(OCC(C)C)ccc2ccccc12. The summed E-state index contributed by atoms with van der Waals surface area (Å²) in [6, 6.07) is 12.6. The van der Waals surface area contributed by atoms with Crippen LogP contribution in [0.2, 0.25) is 0 Å². The molecule has 1 nitrogen and oxygen atoms in total. The summed E-state index contributed by atoms with van der Waals surface area (Å²) in [6.07, 6.45) is 0. The lowest BCUT2D eigenvalue weighted by atomic mass is 10.0. The quantitative estimate of drug-likeness (QED) is 0.744. The molecule has 0 unspecified atom stereocenters. The summed E-state index contributed by atoms with van der Waals surface area (Å²) >= 11 is 0. The Morgan fingerprint density at radius 2 is 1.81 bits per heavy atom. The third-order valence-electron chi connectivity index (χ3n) is 2.72. The minimum atomic E-state index is 0.561. The Hall–Kier alpha value is -1.50. The first-order chi connectivity index (χ1) is 7.68. The van der Waals surface area contributed by atoms with E-state index >= 15 is 0 Å². The number of rotatable bonds is 3. The van der Waals surface area contributed by atoms with Crippen molar-refractivity contribution in [1.82, 2.24) is 0 Å². The van der Waals surface area contributed by atoms with Crippen LogP contribution in [0.25, 0.3) is 10.8 Å². The fraction of sp³-hybridized carbons (Fsp3) is 0.333. The monoisotopic (exact) mass is 214 g/mol. The summed E-state index contributed by atoms with van der Waals surface area (Å²) in [5, 5.41) is 2.56. The van der Waals surface area contributed by atoms with E-state index in [1.54, 1.807) is 0 Å². The molecule has 84 valence electrons. The summed E-state index contributed by atoms with van der Waals surface area (Å²) in [7, 11) is 0. The Kier molecular flexibility index (Phi) is 3.14. The second-order valence-electron chi connectivity index (χ2n) is 4.61. The largest absolute Gasteiger partial charge is 0.493 e. The standard InChI is InChI=1S/C15H18O/c1-11(2)10-16-15-9-8-13-6-4-5-7-14(13)12(15)3/h4-9,11H,10H2,1-3H3. The van der Waals surface area contributed by atoms with Gasteiger partial charge in [0.25, 0.3) is 0 Å². The molecule has 2 aromatic carbocycles. The van der Waals surface area contributed by atoms with Crippen LogP contribution in [0.4, 0.5) is 0 Å². The zero-order valence-electron chi connectivity index (χ0n) is 10.2. The zero-order valence-corrected chi connectivity index (χ0v) is 10.2. The highest BCUT2D eigenvalue weighted by Crippen LogP contribution is 2.27. The topological polar surface area (TPSA) is 9.23 Å². The average molecular weight is 214 g/mol. The Labute approximate surface area is 97.1 Å². The molecule has 0 spiro atoms. The van der Waals surface area contributed by atoms with E-state index in [9.17, 15) is 0 Å². The highest BCUT2D eigenvalue weighted by molar-refractivity contribution is 5.87. The van der Waals surface area contributed by atoms with Crippen molar-refractivity contribution in [2.45, 2.75) is 20.8 Å². The van der Waals surface area contributed by atoms with Crippen molar-refractivity contribution in [3.8, 4) is 5.75 Å². The van der Waals surface area contributed by atoms with Crippen LogP contribution in [0.5, 0.6) is 5.75 Å². The van der Waals surface area contributed by atoms with E-state index in [0.29, 0.717) is 5.92 Å². The molecule has 0 atom stereocenters. The van der Waals surface area contributed by atoms with Crippen molar-refractivity contribution in [2.24, 2.45) is 5.92 Å². The van der Waals surface area contributed by atoms with Crippen LogP contribution in [0.1, 0.15) is 19.4 Å². The summed E-state index contributed by atoms with van der Waals surface area (Å²) in [6.45, 7) is 7.23. The van der Waals surface area contributed by atoms with E-state index in [4.69, 9.17) is 4.74 Å². The second kappa shape index (κ2) is 4.56. The smallest absolute Gasteiger partial charge is 0.122 e. The molecule has 2 aromatic rings. The van der Waals surface area contributed by atoms with Gasteiger partial charge in [0, 0.05) is 0 Å². The van der Waals surface area contributed by atoms with Gasteiger partial charge >= 0.3 is 0 Å². The van der Waals surface area contributed by atoms with Gasteiger partial charge in [-0.25, -0.2) is 0 Å². The normalized spacial score (nSPS) is 11.0. The Balaban J connectivity index is 2.37. The van der Waals surface area contributed by atoms with Crippen LogP contribution >= 0.6 is 0 Å². The second-order valence-corrected chi connectivity index (χ2v) is 4.61. The lowest BCUT2D eigenvalue weighted by molar-refractivity contribution is 0.270. The van der Waals surface area contributed by atoms with E-state index in [1.807, 2.05) is 0 Å². The molecule has 0 saturated heterocycles. The number of aryl methyl sites for hydroxylation is 1. The molecule has 0 aliphatic carbocycles. The van der Waals surface area contributed by atoms with Crippen molar-refractivity contribution in [3.05, 3.63) is 42.0 Å². The number of hydrogen-bond donors (Lipinski definition) is 0. The molecule has 0 fully saturated rings. The molecule has 0 aromatic heterocycles. The summed E-state index contributed by atoms with van der Waals surface area (Å²) in [5.41, 5.74) is 1.23. The number of fused-ring (bicyclic) bond motifs is 1. The first-order valence-electron chi connectivity index (χ1n) is 5.79. The average Bonchev–Trinajstić information content (AvgIpc) is 2.28. The maximum atomic E-state index is 5.81. The highest BCUT2D eigenvalue weighted by Gasteiger charge is 2.04. The van der Waals surface area contributed by atoms with E-state index in [2.05, 4.69) is 57.2 Å². The predicted octanol–water partition coefficient (Wildman–Crippen LogP) is 4.18. The van der Waals surface area contributed by atoms with Gasteiger partial charge in [0.1, 0.15) is 5.75 Å². The number of benzene rings is 2. The van der Waals surface area contributed by atoms with Gasteiger partial charge in [0.05, 0.1) is 6.61 Å². The maximum Gasteiger partial charge on any atom is 0.122 e. The predicted molar refractivity (Wildman–Crippen MR) is 69.0 cm³/mol. The molecule has 0 aliphatic rings. The Morgan fingerprint density at radius 3 is 2.56 bits per heavy atom. The van der Waals surface area contributed by atoms with E-state index in [0.717, 1.165) is 12.4 Å². The molecule has 2 rings (SSSR count). The van der Waals surface area contributed by atoms with Crippen molar-refractivity contribution >= 4 is 10.8 Å². The zero-order chi connectivity index (χ0) is 11.5. The minimum Gasteiger partial charge on any atom is -0.493 e. The lowest BCUT2D eigenvalue weighted by Gasteiger charge is -2.12. The third kappa shape index (κ3) is 2.19. The van der Waals surface area contributed by atoms with Crippen molar-refractivity contribution in [1.29, 1.82) is 0 Å². The van der Waals surface area contributed by atoms with Gasteiger partial charge in [0.15, 0.2) is 0 Å². The fourth-order valence-electron chi connectivity index (χ4n) is 1.82. The fourth-order valence-corrected chi connectivity index (χ4v) is 1.82. The molecular formula is C15H18O. The van der Waals surface area contributed by atoms with Gasteiger partial charge in [-0.2, -0.15) is 0 Å². The maximum absolute atomic E-state index is 5.81. The van der Waals surface area contributed by atoms with Crippen molar-refractivity contribution in [3.63, 3.8) is 0 Å². The first-order valence-corrected chi connectivity index (χ1v) is 5.79. The van der Waals surface area contributed by atoms with E-state index in [-0.39, 0.29) is 0 Å².